The fourth-order valence-electron chi connectivity index (χ4n) is 10.6. The van der Waals surface area contributed by atoms with Gasteiger partial charge in [0.1, 0.15) is 12.2 Å². The SMILES string of the molecule is CCCCCCCCCCCCCC/C=C\CCCCCCCCCCCCCCC(O)C(=O)NC(CO)C(O)C(O)CCC/C=C/CC/C=C/CCCCCCCCCCCCCCCCCCCCCCC. The van der Waals surface area contributed by atoms with Crippen LogP contribution in [0.3, 0.4) is 0 Å². The van der Waals surface area contributed by atoms with Gasteiger partial charge in [-0.05, 0) is 77.0 Å². The number of nitrogens with one attached hydrogen (secondary N) is 1. The Morgan fingerprint density at radius 2 is 0.568 bits per heavy atom. The zero-order valence-electron chi connectivity index (χ0n) is 49.9. The van der Waals surface area contributed by atoms with Crippen LogP contribution in [0.25, 0.3) is 0 Å². The minimum absolute atomic E-state index is 0.361. The molecule has 0 heterocycles. The zero-order chi connectivity index (χ0) is 53.7. The van der Waals surface area contributed by atoms with Crippen LogP contribution in [0.2, 0.25) is 0 Å². The van der Waals surface area contributed by atoms with Crippen LogP contribution in [-0.2, 0) is 4.79 Å². The third-order valence-corrected chi connectivity index (χ3v) is 15.8. The van der Waals surface area contributed by atoms with Crippen molar-refractivity contribution < 1.29 is 25.2 Å². The maximum absolute atomic E-state index is 12.6. The molecule has 0 spiro atoms. The topological polar surface area (TPSA) is 110 Å². The highest BCUT2D eigenvalue weighted by molar-refractivity contribution is 5.80. The molecule has 4 atom stereocenters. The average molecular weight is 1040 g/mol. The van der Waals surface area contributed by atoms with E-state index >= 15 is 0 Å². The normalized spacial score (nSPS) is 13.8. The molecule has 5 N–H and O–H groups in total. The van der Waals surface area contributed by atoms with Crippen molar-refractivity contribution in [2.24, 2.45) is 0 Å². The third kappa shape index (κ3) is 55.3. The predicted molar refractivity (Wildman–Crippen MR) is 325 cm³/mol. The number of carbonyl (C=O) groups is 1. The second-order valence-corrected chi connectivity index (χ2v) is 23.2. The van der Waals surface area contributed by atoms with Crippen molar-refractivity contribution in [2.75, 3.05) is 6.61 Å². The van der Waals surface area contributed by atoms with Crippen LogP contribution >= 0.6 is 0 Å². The summed E-state index contributed by atoms with van der Waals surface area (Å²) < 4.78 is 0. The Balaban J connectivity index is 3.61. The highest BCUT2D eigenvalue weighted by Gasteiger charge is 2.28. The molecule has 0 fully saturated rings. The largest absolute Gasteiger partial charge is 0.394 e. The summed E-state index contributed by atoms with van der Waals surface area (Å²) in [5.41, 5.74) is 0. The molecule has 1 amide bonds. The number of hydrogen-bond acceptors (Lipinski definition) is 5. The molecule has 0 bridgehead atoms. The number of aliphatic hydroxyl groups excluding tert-OH is 4. The van der Waals surface area contributed by atoms with Crippen LogP contribution in [0.5, 0.6) is 0 Å². The first kappa shape index (κ1) is 72.5. The van der Waals surface area contributed by atoms with E-state index in [1.165, 1.54) is 289 Å². The average Bonchev–Trinajstić information content (AvgIpc) is 3.41. The standard InChI is InChI=1S/C68H131NO5/c1-3-5-7-9-11-13-15-17-19-21-23-25-27-29-31-33-34-36-37-39-41-43-45-47-49-51-53-55-57-59-61-65(71)67(73)64(63-70)69-68(74)66(72)62-60-58-56-54-52-50-48-46-44-42-40-38-35-32-30-28-26-24-22-20-18-16-14-12-10-8-6-4-2/h30,32,45,47,53,55,64-67,70-73H,3-29,31,33-44,46,48-52,54,56-63H2,1-2H3,(H,69,74)/b32-30-,47-45+,55-53+. The summed E-state index contributed by atoms with van der Waals surface area (Å²) in [5.74, 6) is -0.593. The number of hydrogen-bond donors (Lipinski definition) is 5. The summed E-state index contributed by atoms with van der Waals surface area (Å²) in [6.07, 6.45) is 79.7. The van der Waals surface area contributed by atoms with E-state index in [1.54, 1.807) is 0 Å². The van der Waals surface area contributed by atoms with Crippen LogP contribution in [0.4, 0.5) is 0 Å². The summed E-state index contributed by atoms with van der Waals surface area (Å²) >= 11 is 0. The number of carbonyl (C=O) groups excluding carboxylic acids is 1. The number of allylic oxidation sites excluding steroid dienone is 6. The van der Waals surface area contributed by atoms with Gasteiger partial charge in [0.2, 0.25) is 5.91 Å². The van der Waals surface area contributed by atoms with Crippen LogP contribution < -0.4 is 5.32 Å². The van der Waals surface area contributed by atoms with Gasteiger partial charge in [0.25, 0.3) is 0 Å². The second kappa shape index (κ2) is 62.4. The molecule has 6 nitrogen and oxygen atoms in total. The first-order chi connectivity index (χ1) is 36.5. The lowest BCUT2D eigenvalue weighted by Gasteiger charge is -2.27. The molecule has 0 aliphatic rings. The summed E-state index contributed by atoms with van der Waals surface area (Å²) in [7, 11) is 0. The summed E-state index contributed by atoms with van der Waals surface area (Å²) in [5, 5.41) is 44.1. The van der Waals surface area contributed by atoms with Gasteiger partial charge >= 0.3 is 0 Å². The van der Waals surface area contributed by atoms with Gasteiger partial charge in [-0.2, -0.15) is 0 Å². The minimum Gasteiger partial charge on any atom is -0.394 e. The van der Waals surface area contributed by atoms with E-state index in [9.17, 15) is 25.2 Å². The fourth-order valence-corrected chi connectivity index (χ4v) is 10.6. The highest BCUT2D eigenvalue weighted by Crippen LogP contribution is 2.18. The van der Waals surface area contributed by atoms with Crippen molar-refractivity contribution >= 4 is 5.91 Å². The number of rotatable bonds is 62. The van der Waals surface area contributed by atoms with Crippen molar-refractivity contribution in [3.05, 3.63) is 36.5 Å². The lowest BCUT2D eigenvalue weighted by Crippen LogP contribution is -2.53. The lowest BCUT2D eigenvalue weighted by molar-refractivity contribution is -0.132. The second-order valence-electron chi connectivity index (χ2n) is 23.2. The molecule has 0 rings (SSSR count). The van der Waals surface area contributed by atoms with E-state index in [0.29, 0.717) is 19.3 Å². The molecule has 0 radical (unpaired) electrons. The van der Waals surface area contributed by atoms with E-state index in [-0.39, 0.29) is 0 Å². The Hall–Kier alpha value is -1.47. The number of aliphatic hydroxyl groups is 4. The first-order valence-corrected chi connectivity index (χ1v) is 33.4. The van der Waals surface area contributed by atoms with Gasteiger partial charge in [-0.3, -0.25) is 4.79 Å². The minimum atomic E-state index is -1.29. The molecule has 0 saturated heterocycles. The van der Waals surface area contributed by atoms with E-state index < -0.39 is 36.9 Å². The maximum atomic E-state index is 12.6. The Morgan fingerprint density at radius 3 is 0.851 bits per heavy atom. The number of unbranched alkanes of at least 4 members (excludes halogenated alkanes) is 47. The molecule has 0 aromatic rings. The van der Waals surface area contributed by atoms with E-state index in [2.05, 4.69) is 55.6 Å². The van der Waals surface area contributed by atoms with Gasteiger partial charge < -0.3 is 25.7 Å². The van der Waals surface area contributed by atoms with Crippen LogP contribution in [0, 0.1) is 0 Å². The first-order valence-electron chi connectivity index (χ1n) is 33.4. The van der Waals surface area contributed by atoms with Gasteiger partial charge in [0.15, 0.2) is 0 Å². The van der Waals surface area contributed by atoms with Gasteiger partial charge in [0, 0.05) is 0 Å². The van der Waals surface area contributed by atoms with Crippen molar-refractivity contribution in [1.82, 2.24) is 5.32 Å². The van der Waals surface area contributed by atoms with Crippen molar-refractivity contribution in [3.63, 3.8) is 0 Å². The number of amides is 1. The molecule has 4 unspecified atom stereocenters. The Labute approximate surface area is 462 Å². The molecule has 438 valence electrons. The third-order valence-electron chi connectivity index (χ3n) is 15.8. The van der Waals surface area contributed by atoms with Crippen molar-refractivity contribution in [2.45, 2.75) is 385 Å². The molecule has 0 aromatic carbocycles. The quantitative estimate of drug-likeness (QED) is 0.0308. The maximum Gasteiger partial charge on any atom is 0.249 e. The molecule has 0 aliphatic heterocycles. The Kier molecular flexibility index (Phi) is 61.1. The zero-order valence-corrected chi connectivity index (χ0v) is 49.9. The summed E-state index contributed by atoms with van der Waals surface area (Å²) in [4.78, 5) is 12.6. The van der Waals surface area contributed by atoms with Crippen molar-refractivity contribution in [1.29, 1.82) is 0 Å². The molecule has 6 heteroatoms. The lowest BCUT2D eigenvalue weighted by atomic mass is 10.00. The van der Waals surface area contributed by atoms with Crippen molar-refractivity contribution in [3.8, 4) is 0 Å². The predicted octanol–water partition coefficient (Wildman–Crippen LogP) is 20.3. The van der Waals surface area contributed by atoms with Gasteiger partial charge in [0.05, 0.1) is 18.8 Å². The Morgan fingerprint density at radius 1 is 0.324 bits per heavy atom. The molecule has 74 heavy (non-hydrogen) atoms. The van der Waals surface area contributed by atoms with Crippen LogP contribution in [0.1, 0.15) is 361 Å². The summed E-state index contributed by atoms with van der Waals surface area (Å²) in [6, 6.07) is -1.01. The van der Waals surface area contributed by atoms with Crippen LogP contribution in [-0.4, -0.2) is 57.3 Å². The Bertz CT molecular complexity index is 1170. The van der Waals surface area contributed by atoms with E-state index in [4.69, 9.17) is 0 Å². The molecular formula is C68H131NO5. The highest BCUT2D eigenvalue weighted by atomic mass is 16.3. The van der Waals surface area contributed by atoms with Gasteiger partial charge in [-0.15, -0.1) is 0 Å². The molecular weight excluding hydrogens is 911 g/mol. The van der Waals surface area contributed by atoms with Gasteiger partial charge in [-0.1, -0.05) is 320 Å². The van der Waals surface area contributed by atoms with E-state index in [0.717, 1.165) is 38.5 Å². The van der Waals surface area contributed by atoms with Crippen LogP contribution in [0.15, 0.2) is 36.5 Å². The molecule has 0 saturated carbocycles. The molecule has 0 aromatic heterocycles. The fraction of sp³-hybridized carbons (Fsp3) is 0.897. The summed E-state index contributed by atoms with van der Waals surface area (Å²) in [6.45, 7) is 4.09. The smallest absolute Gasteiger partial charge is 0.249 e. The monoisotopic (exact) mass is 1040 g/mol. The molecule has 0 aliphatic carbocycles. The van der Waals surface area contributed by atoms with E-state index in [1.807, 2.05) is 0 Å². The van der Waals surface area contributed by atoms with Gasteiger partial charge in [-0.25, -0.2) is 0 Å².